The first-order valence-electron chi connectivity index (χ1n) is 5.15. The Morgan fingerprint density at radius 1 is 1.35 bits per heavy atom. The van der Waals surface area contributed by atoms with Crippen molar-refractivity contribution in [1.82, 2.24) is 9.03 Å². The van der Waals surface area contributed by atoms with Crippen LogP contribution >= 0.6 is 0 Å². The van der Waals surface area contributed by atoms with E-state index in [1.807, 2.05) is 0 Å². The minimum atomic E-state index is -3.89. The Hall–Kier alpha value is -1.63. The van der Waals surface area contributed by atoms with Crippen molar-refractivity contribution in [3.8, 4) is 0 Å². The largest absolute Gasteiger partial charge is 0.326 e. The van der Waals surface area contributed by atoms with E-state index in [0.29, 0.717) is 4.31 Å². The third kappa shape index (κ3) is 1.76. The van der Waals surface area contributed by atoms with Crippen molar-refractivity contribution < 1.29 is 18.0 Å². The van der Waals surface area contributed by atoms with Crippen molar-refractivity contribution in [2.24, 2.45) is 0 Å². The lowest BCUT2D eigenvalue weighted by Gasteiger charge is -2.32. The fraction of sp³-hybridized carbons (Fsp3) is 0.400. The molecule has 2 aliphatic rings. The Labute approximate surface area is 99.2 Å². The SMILES string of the molecule is CC(C)N1C(=O)C2=C(C=CCC2=O)NS1(=O)=O. The van der Waals surface area contributed by atoms with E-state index in [0.717, 1.165) is 0 Å². The maximum atomic E-state index is 12.0. The molecule has 0 spiro atoms. The molecule has 7 heteroatoms. The van der Waals surface area contributed by atoms with Crippen molar-refractivity contribution in [1.29, 1.82) is 0 Å². The number of ketones is 1. The van der Waals surface area contributed by atoms with Crippen LogP contribution < -0.4 is 4.72 Å². The average Bonchev–Trinajstić information content (AvgIpc) is 2.14. The highest BCUT2D eigenvalue weighted by atomic mass is 32.2. The summed E-state index contributed by atoms with van der Waals surface area (Å²) in [5, 5.41) is 0. The summed E-state index contributed by atoms with van der Waals surface area (Å²) in [6.07, 6.45) is 3.10. The molecule has 0 saturated heterocycles. The normalized spacial score (nSPS) is 22.9. The second kappa shape index (κ2) is 3.69. The Kier molecular flexibility index (Phi) is 2.57. The number of allylic oxidation sites excluding steroid dienone is 2. The minimum absolute atomic E-state index is 0.0724. The molecule has 0 aromatic heterocycles. The van der Waals surface area contributed by atoms with Crippen LogP contribution in [0.5, 0.6) is 0 Å². The molecular weight excluding hydrogens is 244 g/mol. The van der Waals surface area contributed by atoms with Gasteiger partial charge >= 0.3 is 10.2 Å². The van der Waals surface area contributed by atoms with Gasteiger partial charge in [0.25, 0.3) is 5.91 Å². The van der Waals surface area contributed by atoms with Gasteiger partial charge in [-0.3, -0.25) is 14.3 Å². The van der Waals surface area contributed by atoms with E-state index in [-0.39, 0.29) is 23.5 Å². The Balaban J connectivity index is 2.60. The zero-order chi connectivity index (χ0) is 12.8. The van der Waals surface area contributed by atoms with Gasteiger partial charge in [-0.2, -0.15) is 8.42 Å². The zero-order valence-corrected chi connectivity index (χ0v) is 10.2. The van der Waals surface area contributed by atoms with Crippen LogP contribution in [0.1, 0.15) is 20.3 Å². The molecule has 1 N–H and O–H groups in total. The Morgan fingerprint density at radius 3 is 2.59 bits per heavy atom. The first-order chi connectivity index (χ1) is 7.84. The number of rotatable bonds is 1. The Morgan fingerprint density at radius 2 is 2.00 bits per heavy atom. The molecule has 0 saturated carbocycles. The van der Waals surface area contributed by atoms with E-state index in [1.165, 1.54) is 12.2 Å². The number of amides is 1. The maximum Gasteiger partial charge on any atom is 0.326 e. The van der Waals surface area contributed by atoms with Crippen LogP contribution in [0, 0.1) is 0 Å². The van der Waals surface area contributed by atoms with Gasteiger partial charge in [-0.1, -0.05) is 6.08 Å². The van der Waals surface area contributed by atoms with Crippen molar-refractivity contribution in [3.05, 3.63) is 23.4 Å². The number of hydrogen-bond acceptors (Lipinski definition) is 4. The van der Waals surface area contributed by atoms with Crippen LogP contribution in [-0.2, 0) is 19.8 Å². The highest BCUT2D eigenvalue weighted by molar-refractivity contribution is 7.88. The first-order valence-corrected chi connectivity index (χ1v) is 6.59. The second-order valence-electron chi connectivity index (χ2n) is 4.12. The third-order valence-corrected chi connectivity index (χ3v) is 4.10. The van der Waals surface area contributed by atoms with Crippen LogP contribution in [0.3, 0.4) is 0 Å². The molecular formula is C10H12N2O4S. The molecule has 0 bridgehead atoms. The summed E-state index contributed by atoms with van der Waals surface area (Å²) in [5.41, 5.74) is -0.000764. The topological polar surface area (TPSA) is 83.6 Å². The summed E-state index contributed by atoms with van der Waals surface area (Å²) in [6.45, 7) is 3.15. The van der Waals surface area contributed by atoms with Gasteiger partial charge in [-0.25, -0.2) is 4.31 Å². The van der Waals surface area contributed by atoms with Crippen molar-refractivity contribution in [2.45, 2.75) is 26.3 Å². The van der Waals surface area contributed by atoms with Gasteiger partial charge in [-0.05, 0) is 19.9 Å². The zero-order valence-electron chi connectivity index (χ0n) is 9.43. The summed E-state index contributed by atoms with van der Waals surface area (Å²) < 4.78 is 26.6. The number of hydrogen-bond donors (Lipinski definition) is 1. The molecule has 1 aliphatic carbocycles. The second-order valence-corrected chi connectivity index (χ2v) is 5.67. The minimum Gasteiger partial charge on any atom is -0.294 e. The molecule has 17 heavy (non-hydrogen) atoms. The van der Waals surface area contributed by atoms with Crippen LogP contribution in [0.25, 0.3) is 0 Å². The lowest BCUT2D eigenvalue weighted by Crippen LogP contribution is -2.53. The summed E-state index contributed by atoms with van der Waals surface area (Å²) in [6, 6.07) is -0.534. The van der Waals surface area contributed by atoms with Gasteiger partial charge in [0, 0.05) is 12.5 Å². The Bertz CT molecular complexity index is 557. The molecule has 0 aromatic carbocycles. The van der Waals surface area contributed by atoms with Crippen molar-refractivity contribution in [2.75, 3.05) is 0 Å². The van der Waals surface area contributed by atoms with Gasteiger partial charge in [0.05, 0.1) is 5.70 Å². The predicted octanol–water partition coefficient (Wildman–Crippen LogP) is -0.145. The molecule has 1 amide bonds. The van der Waals surface area contributed by atoms with E-state index < -0.39 is 22.2 Å². The number of Topliss-reactive ketones (excluding diaryl/α,β-unsaturated/α-hetero) is 1. The molecule has 1 heterocycles. The van der Waals surface area contributed by atoms with E-state index in [1.54, 1.807) is 13.8 Å². The number of nitrogens with zero attached hydrogens (tertiary/aromatic N) is 1. The summed E-state index contributed by atoms with van der Waals surface area (Å²) in [7, 11) is -3.89. The highest BCUT2D eigenvalue weighted by Crippen LogP contribution is 2.24. The molecule has 6 nitrogen and oxygen atoms in total. The standard InChI is InChI=1S/C10H12N2O4S/c1-6(2)12-10(14)9-7(11-17(12,15)16)4-3-5-8(9)13/h3-4,6,11H,5H2,1-2H3. The van der Waals surface area contributed by atoms with Crippen molar-refractivity contribution >= 4 is 21.9 Å². The molecule has 0 unspecified atom stereocenters. The summed E-state index contributed by atoms with van der Waals surface area (Å²) >= 11 is 0. The van der Waals surface area contributed by atoms with Crippen LogP contribution in [0.2, 0.25) is 0 Å². The maximum absolute atomic E-state index is 12.0. The van der Waals surface area contributed by atoms with Gasteiger partial charge < -0.3 is 0 Å². The predicted molar refractivity (Wildman–Crippen MR) is 59.8 cm³/mol. The van der Waals surface area contributed by atoms with E-state index in [9.17, 15) is 18.0 Å². The molecule has 0 fully saturated rings. The summed E-state index contributed by atoms with van der Waals surface area (Å²) in [4.78, 5) is 23.6. The number of carbonyl (C=O) groups excluding carboxylic acids is 2. The van der Waals surface area contributed by atoms with E-state index in [2.05, 4.69) is 4.72 Å². The molecule has 2 rings (SSSR count). The summed E-state index contributed by atoms with van der Waals surface area (Å²) in [5.74, 6) is -1.11. The monoisotopic (exact) mass is 256 g/mol. The van der Waals surface area contributed by atoms with Crippen LogP contribution in [-0.4, -0.2) is 30.5 Å². The van der Waals surface area contributed by atoms with E-state index in [4.69, 9.17) is 0 Å². The number of carbonyl (C=O) groups is 2. The average molecular weight is 256 g/mol. The smallest absolute Gasteiger partial charge is 0.294 e. The van der Waals surface area contributed by atoms with E-state index >= 15 is 0 Å². The first kappa shape index (κ1) is 11.8. The van der Waals surface area contributed by atoms with Gasteiger partial charge in [0.1, 0.15) is 5.57 Å². The lowest BCUT2D eigenvalue weighted by atomic mass is 10.00. The lowest BCUT2D eigenvalue weighted by molar-refractivity contribution is -0.127. The van der Waals surface area contributed by atoms with Gasteiger partial charge in [-0.15, -0.1) is 0 Å². The fourth-order valence-corrected chi connectivity index (χ4v) is 3.27. The third-order valence-electron chi connectivity index (χ3n) is 2.52. The van der Waals surface area contributed by atoms with Crippen molar-refractivity contribution in [3.63, 3.8) is 0 Å². The molecule has 1 aliphatic heterocycles. The number of nitrogens with one attached hydrogen (secondary N) is 1. The molecule has 0 radical (unpaired) electrons. The van der Waals surface area contributed by atoms with Gasteiger partial charge in [0.15, 0.2) is 5.78 Å². The van der Waals surface area contributed by atoms with Crippen LogP contribution in [0.4, 0.5) is 0 Å². The van der Waals surface area contributed by atoms with Gasteiger partial charge in [0.2, 0.25) is 0 Å². The quantitative estimate of drug-likeness (QED) is 0.661. The van der Waals surface area contributed by atoms with Crippen LogP contribution in [0.15, 0.2) is 23.4 Å². The highest BCUT2D eigenvalue weighted by Gasteiger charge is 2.41. The molecule has 0 aromatic rings. The molecule has 92 valence electrons. The fourth-order valence-electron chi connectivity index (χ4n) is 1.86. The molecule has 0 atom stereocenters.